The average Bonchev–Trinajstić information content (AvgIpc) is 2.99. The van der Waals surface area contributed by atoms with Crippen LogP contribution in [0.5, 0.6) is 5.75 Å². The van der Waals surface area contributed by atoms with Crippen molar-refractivity contribution in [3.63, 3.8) is 0 Å². The van der Waals surface area contributed by atoms with Crippen molar-refractivity contribution in [3.05, 3.63) is 47.8 Å². The molecule has 1 unspecified atom stereocenters. The summed E-state index contributed by atoms with van der Waals surface area (Å²) in [6, 6.07) is 7.49. The summed E-state index contributed by atoms with van der Waals surface area (Å²) in [5.41, 5.74) is 1.96. The zero-order valence-electron chi connectivity index (χ0n) is 14.5. The van der Waals surface area contributed by atoms with Gasteiger partial charge in [0.1, 0.15) is 11.8 Å². The van der Waals surface area contributed by atoms with Crippen LogP contribution < -0.4 is 10.1 Å². The zero-order valence-corrected chi connectivity index (χ0v) is 15.3. The van der Waals surface area contributed by atoms with Gasteiger partial charge in [-0.25, -0.2) is 0 Å². The van der Waals surface area contributed by atoms with Gasteiger partial charge in [0.25, 0.3) is 0 Å². The maximum absolute atomic E-state index is 12.7. The third kappa shape index (κ3) is 4.72. The highest BCUT2D eigenvalue weighted by molar-refractivity contribution is 5.85. The van der Waals surface area contributed by atoms with E-state index in [4.69, 9.17) is 4.74 Å². The average molecular weight is 353 g/mol. The molecule has 2 aromatic rings. The fraction of sp³-hybridized carbons (Fsp3) is 0.412. The molecule has 0 aliphatic heterocycles. The van der Waals surface area contributed by atoms with Crippen molar-refractivity contribution in [1.29, 1.82) is 0 Å². The van der Waals surface area contributed by atoms with Crippen LogP contribution in [0.4, 0.5) is 0 Å². The van der Waals surface area contributed by atoms with E-state index in [9.17, 15) is 4.79 Å². The molecule has 1 N–H and O–H groups in total. The molecule has 1 aromatic carbocycles. The molecule has 1 amide bonds. The van der Waals surface area contributed by atoms with Gasteiger partial charge in [0, 0.05) is 32.4 Å². The summed E-state index contributed by atoms with van der Waals surface area (Å²) in [4.78, 5) is 14.4. The summed E-state index contributed by atoms with van der Waals surface area (Å²) in [7, 11) is 7.10. The van der Waals surface area contributed by atoms with Crippen LogP contribution in [-0.2, 0) is 18.3 Å². The standard InChI is InChI=1S/C17H24N4O2.ClH/c1-18-16(14-11-19-21(3)12-14)17(22)20(2)10-9-13-7-5-6-8-15(13)23-4;/h5-8,11-12,16,18H,9-10H2,1-4H3;1H. The first kappa shape index (κ1) is 20.0. The molecule has 0 fully saturated rings. The van der Waals surface area contributed by atoms with E-state index < -0.39 is 0 Å². The number of hydrogen-bond donors (Lipinski definition) is 1. The lowest BCUT2D eigenvalue weighted by molar-refractivity contribution is -0.132. The molecule has 0 aliphatic rings. The Labute approximate surface area is 149 Å². The SMILES string of the molecule is CNC(C(=O)N(C)CCc1ccccc1OC)c1cnn(C)c1.Cl. The molecular weight excluding hydrogens is 328 g/mol. The van der Waals surface area contributed by atoms with E-state index in [-0.39, 0.29) is 24.4 Å². The number of aromatic nitrogens is 2. The van der Waals surface area contributed by atoms with Gasteiger partial charge in [-0.3, -0.25) is 9.48 Å². The van der Waals surface area contributed by atoms with Crippen LogP contribution in [0.1, 0.15) is 17.2 Å². The van der Waals surface area contributed by atoms with Crippen LogP contribution in [-0.4, -0.2) is 48.3 Å². The summed E-state index contributed by atoms with van der Waals surface area (Å²) in [6.07, 6.45) is 4.32. The Kier molecular flexibility index (Phi) is 7.74. The number of nitrogens with one attached hydrogen (secondary N) is 1. The van der Waals surface area contributed by atoms with Crippen molar-refractivity contribution < 1.29 is 9.53 Å². The van der Waals surface area contributed by atoms with Crippen LogP contribution in [0.3, 0.4) is 0 Å². The Hall–Kier alpha value is -2.05. The fourth-order valence-electron chi connectivity index (χ4n) is 2.55. The number of carbonyl (C=O) groups excluding carboxylic acids is 1. The van der Waals surface area contributed by atoms with E-state index in [1.165, 1.54) is 0 Å². The topological polar surface area (TPSA) is 59.4 Å². The zero-order chi connectivity index (χ0) is 16.8. The maximum atomic E-state index is 12.7. The number of carbonyl (C=O) groups is 1. The van der Waals surface area contributed by atoms with Gasteiger partial charge in [-0.1, -0.05) is 18.2 Å². The fourth-order valence-corrected chi connectivity index (χ4v) is 2.55. The number of ether oxygens (including phenoxy) is 1. The van der Waals surface area contributed by atoms with Gasteiger partial charge in [-0.05, 0) is 25.1 Å². The molecule has 0 bridgehead atoms. The number of amides is 1. The minimum Gasteiger partial charge on any atom is -0.496 e. The van der Waals surface area contributed by atoms with Crippen LogP contribution >= 0.6 is 12.4 Å². The Balaban J connectivity index is 0.00000288. The van der Waals surface area contributed by atoms with Crippen LogP contribution in [0.15, 0.2) is 36.7 Å². The molecule has 0 radical (unpaired) electrons. The van der Waals surface area contributed by atoms with E-state index in [1.807, 2.05) is 44.6 Å². The summed E-state index contributed by atoms with van der Waals surface area (Å²) >= 11 is 0. The normalized spacial score (nSPS) is 11.5. The van der Waals surface area contributed by atoms with E-state index in [2.05, 4.69) is 10.4 Å². The van der Waals surface area contributed by atoms with Crippen molar-refractivity contribution in [2.75, 3.05) is 27.7 Å². The Bertz CT molecular complexity index is 660. The number of benzene rings is 1. The van der Waals surface area contributed by atoms with Crippen molar-refractivity contribution in [3.8, 4) is 5.75 Å². The second-order valence-corrected chi connectivity index (χ2v) is 5.49. The van der Waals surface area contributed by atoms with Gasteiger partial charge in [-0.15, -0.1) is 12.4 Å². The first-order valence-corrected chi connectivity index (χ1v) is 7.59. The smallest absolute Gasteiger partial charge is 0.244 e. The highest BCUT2D eigenvalue weighted by Crippen LogP contribution is 2.19. The van der Waals surface area contributed by atoms with E-state index in [0.717, 1.165) is 23.3 Å². The van der Waals surface area contributed by atoms with E-state index in [1.54, 1.807) is 29.9 Å². The molecule has 1 aromatic heterocycles. The van der Waals surface area contributed by atoms with Crippen molar-refractivity contribution in [2.24, 2.45) is 7.05 Å². The summed E-state index contributed by atoms with van der Waals surface area (Å²) in [5.74, 6) is 0.876. The summed E-state index contributed by atoms with van der Waals surface area (Å²) in [6.45, 7) is 0.623. The number of nitrogens with zero attached hydrogens (tertiary/aromatic N) is 3. The third-order valence-corrected chi connectivity index (χ3v) is 3.88. The number of methoxy groups -OCH3 is 1. The molecule has 0 spiro atoms. The number of aryl methyl sites for hydroxylation is 1. The van der Waals surface area contributed by atoms with Crippen molar-refractivity contribution >= 4 is 18.3 Å². The molecule has 132 valence electrons. The lowest BCUT2D eigenvalue weighted by Gasteiger charge is -2.23. The largest absolute Gasteiger partial charge is 0.496 e. The van der Waals surface area contributed by atoms with E-state index in [0.29, 0.717) is 6.54 Å². The highest BCUT2D eigenvalue weighted by Gasteiger charge is 2.23. The Morgan fingerprint density at radius 3 is 2.71 bits per heavy atom. The summed E-state index contributed by atoms with van der Waals surface area (Å²) in [5, 5.41) is 7.20. The monoisotopic (exact) mass is 352 g/mol. The molecule has 0 saturated heterocycles. The van der Waals surface area contributed by atoms with Crippen molar-refractivity contribution in [2.45, 2.75) is 12.5 Å². The van der Waals surface area contributed by atoms with Gasteiger partial charge >= 0.3 is 0 Å². The first-order chi connectivity index (χ1) is 11.1. The van der Waals surface area contributed by atoms with Crippen molar-refractivity contribution in [1.82, 2.24) is 20.0 Å². The van der Waals surface area contributed by atoms with Gasteiger partial charge < -0.3 is 15.0 Å². The Morgan fingerprint density at radius 1 is 1.42 bits per heavy atom. The molecule has 24 heavy (non-hydrogen) atoms. The number of rotatable bonds is 7. The minimum absolute atomic E-state index is 0. The van der Waals surface area contributed by atoms with Gasteiger partial charge in [0.05, 0.1) is 13.3 Å². The molecule has 0 saturated carbocycles. The molecule has 7 heteroatoms. The van der Waals surface area contributed by atoms with Crippen LogP contribution in [0.2, 0.25) is 0 Å². The number of likely N-dealkylation sites (N-methyl/N-ethyl adjacent to an activating group) is 2. The first-order valence-electron chi connectivity index (χ1n) is 7.59. The number of para-hydroxylation sites is 1. The highest BCUT2D eigenvalue weighted by atomic mass is 35.5. The van der Waals surface area contributed by atoms with Gasteiger partial charge in [0.15, 0.2) is 0 Å². The Morgan fingerprint density at radius 2 is 2.12 bits per heavy atom. The predicted octanol–water partition coefficient (Wildman–Crippen LogP) is 1.81. The lowest BCUT2D eigenvalue weighted by Crippen LogP contribution is -2.38. The summed E-state index contributed by atoms with van der Waals surface area (Å²) < 4.78 is 7.05. The molecule has 1 atom stereocenters. The lowest BCUT2D eigenvalue weighted by atomic mass is 10.1. The molecule has 0 aliphatic carbocycles. The number of halogens is 1. The van der Waals surface area contributed by atoms with Crippen LogP contribution in [0, 0.1) is 0 Å². The third-order valence-electron chi connectivity index (χ3n) is 3.88. The van der Waals surface area contributed by atoms with Gasteiger partial charge in [0.2, 0.25) is 5.91 Å². The van der Waals surface area contributed by atoms with Crippen LogP contribution in [0.25, 0.3) is 0 Å². The molecule has 2 rings (SSSR count). The second kappa shape index (κ2) is 9.30. The quantitative estimate of drug-likeness (QED) is 0.825. The predicted molar refractivity (Wildman–Crippen MR) is 96.6 cm³/mol. The molecule has 1 heterocycles. The molecule has 6 nitrogen and oxygen atoms in total. The second-order valence-electron chi connectivity index (χ2n) is 5.49. The minimum atomic E-state index is -0.383. The van der Waals surface area contributed by atoms with E-state index >= 15 is 0 Å². The number of hydrogen-bond acceptors (Lipinski definition) is 4. The molecular formula is C17H25ClN4O2. The van der Waals surface area contributed by atoms with Gasteiger partial charge in [-0.2, -0.15) is 5.10 Å². The maximum Gasteiger partial charge on any atom is 0.244 e.